The first kappa shape index (κ1) is 16.4. The molecular weight excluding hydrogens is 292 g/mol. The number of amides is 1. The van der Waals surface area contributed by atoms with Crippen LogP contribution < -0.4 is 0 Å². The lowest BCUT2D eigenvalue weighted by molar-refractivity contribution is -0.132. The third kappa shape index (κ3) is 3.40. The van der Waals surface area contributed by atoms with E-state index in [1.165, 1.54) is 0 Å². The largest absolute Gasteiger partial charge is 0.381 e. The summed E-state index contributed by atoms with van der Waals surface area (Å²) in [4.78, 5) is 18.9. The van der Waals surface area contributed by atoms with Crippen molar-refractivity contribution in [3.05, 3.63) is 29.6 Å². The molecule has 5 nitrogen and oxygen atoms in total. The van der Waals surface area contributed by atoms with Crippen LogP contribution in [0, 0.1) is 12.8 Å². The second-order valence-electron chi connectivity index (χ2n) is 6.64. The molecule has 1 aromatic heterocycles. The van der Waals surface area contributed by atoms with Gasteiger partial charge in [0.25, 0.3) is 5.91 Å². The maximum absolute atomic E-state index is 12.8. The summed E-state index contributed by atoms with van der Waals surface area (Å²) < 4.78 is 11.8. The van der Waals surface area contributed by atoms with Crippen molar-refractivity contribution in [3.63, 3.8) is 0 Å². The van der Waals surface area contributed by atoms with Gasteiger partial charge in [0.05, 0.1) is 30.9 Å². The van der Waals surface area contributed by atoms with Crippen LogP contribution in [-0.4, -0.2) is 54.3 Å². The number of aryl methyl sites for hydroxylation is 1. The number of carbonyl (C=O) groups excluding carboxylic acids is 1. The van der Waals surface area contributed by atoms with Gasteiger partial charge in [-0.1, -0.05) is 6.42 Å². The monoisotopic (exact) mass is 318 g/mol. The van der Waals surface area contributed by atoms with Crippen LogP contribution in [0.25, 0.3) is 0 Å². The third-order valence-electron chi connectivity index (χ3n) is 5.04. The normalized spacial score (nSPS) is 27.6. The second-order valence-corrected chi connectivity index (χ2v) is 6.64. The lowest BCUT2D eigenvalue weighted by atomic mass is 9.89. The highest BCUT2D eigenvalue weighted by Gasteiger charge is 2.47. The Morgan fingerprint density at radius 2 is 2.39 bits per heavy atom. The van der Waals surface area contributed by atoms with Crippen LogP contribution in [-0.2, 0) is 9.47 Å². The molecule has 2 aliphatic rings. The van der Waals surface area contributed by atoms with Gasteiger partial charge in [0.1, 0.15) is 0 Å². The highest BCUT2D eigenvalue weighted by Crippen LogP contribution is 2.41. The fraction of sp³-hybridized carbons (Fsp3) is 0.667. The Bertz CT molecular complexity index is 563. The number of rotatable bonds is 4. The number of hydrogen-bond donors (Lipinski definition) is 0. The SMILES string of the molecule is CCOC[C@@H]1CCC[C@]12CN(C(=O)c1cncc(C)c1)CCO2. The Morgan fingerprint density at radius 3 is 3.17 bits per heavy atom. The third-order valence-corrected chi connectivity index (χ3v) is 5.04. The van der Waals surface area contributed by atoms with Crippen LogP contribution in [0.3, 0.4) is 0 Å². The van der Waals surface area contributed by atoms with Crippen molar-refractivity contribution in [2.75, 3.05) is 32.9 Å². The maximum Gasteiger partial charge on any atom is 0.255 e. The molecule has 1 saturated carbocycles. The van der Waals surface area contributed by atoms with Gasteiger partial charge in [-0.3, -0.25) is 9.78 Å². The summed E-state index contributed by atoms with van der Waals surface area (Å²) in [6.45, 7) is 7.35. The molecule has 1 saturated heterocycles. The lowest BCUT2D eigenvalue weighted by Gasteiger charge is -2.44. The molecule has 0 bridgehead atoms. The van der Waals surface area contributed by atoms with Crippen LogP contribution in [0.15, 0.2) is 18.5 Å². The first-order chi connectivity index (χ1) is 11.1. The Hall–Kier alpha value is -1.46. The lowest BCUT2D eigenvalue weighted by Crippen LogP contribution is -2.56. The zero-order valence-electron chi connectivity index (χ0n) is 14.1. The fourth-order valence-electron chi connectivity index (χ4n) is 3.84. The summed E-state index contributed by atoms with van der Waals surface area (Å²) in [6.07, 6.45) is 6.71. The Labute approximate surface area is 138 Å². The van der Waals surface area contributed by atoms with E-state index in [-0.39, 0.29) is 11.5 Å². The molecule has 3 rings (SSSR count). The summed E-state index contributed by atoms with van der Waals surface area (Å²) in [5, 5.41) is 0. The molecule has 126 valence electrons. The molecule has 1 spiro atoms. The molecule has 1 amide bonds. The smallest absolute Gasteiger partial charge is 0.255 e. The van der Waals surface area contributed by atoms with Gasteiger partial charge < -0.3 is 14.4 Å². The van der Waals surface area contributed by atoms with Gasteiger partial charge >= 0.3 is 0 Å². The summed E-state index contributed by atoms with van der Waals surface area (Å²) in [5.74, 6) is 0.444. The minimum absolute atomic E-state index is 0.0611. The van der Waals surface area contributed by atoms with Gasteiger partial charge in [-0.15, -0.1) is 0 Å². The van der Waals surface area contributed by atoms with Crippen LogP contribution in [0.2, 0.25) is 0 Å². The number of aromatic nitrogens is 1. The minimum atomic E-state index is -0.222. The first-order valence-corrected chi connectivity index (χ1v) is 8.57. The Morgan fingerprint density at radius 1 is 1.52 bits per heavy atom. The molecule has 1 aliphatic heterocycles. The molecule has 1 aliphatic carbocycles. The van der Waals surface area contributed by atoms with Gasteiger partial charge in [-0.05, 0) is 38.3 Å². The van der Waals surface area contributed by atoms with Crippen molar-refractivity contribution in [1.29, 1.82) is 0 Å². The van der Waals surface area contributed by atoms with Gasteiger partial charge in [0, 0.05) is 31.5 Å². The van der Waals surface area contributed by atoms with Crippen LogP contribution >= 0.6 is 0 Å². The number of ether oxygens (including phenoxy) is 2. The minimum Gasteiger partial charge on any atom is -0.381 e. The average molecular weight is 318 g/mol. The van der Waals surface area contributed by atoms with Crippen LogP contribution in [0.1, 0.15) is 42.1 Å². The zero-order chi connectivity index (χ0) is 16.3. The van der Waals surface area contributed by atoms with E-state index >= 15 is 0 Å². The Balaban J connectivity index is 1.73. The summed E-state index contributed by atoms with van der Waals surface area (Å²) in [7, 11) is 0. The predicted octanol–water partition coefficient (Wildman–Crippen LogP) is 2.44. The number of nitrogens with zero attached hydrogens (tertiary/aromatic N) is 2. The number of hydrogen-bond acceptors (Lipinski definition) is 4. The van der Waals surface area contributed by atoms with Gasteiger partial charge in [0.2, 0.25) is 0 Å². The molecule has 0 aromatic carbocycles. The summed E-state index contributed by atoms with van der Waals surface area (Å²) >= 11 is 0. The molecule has 23 heavy (non-hydrogen) atoms. The maximum atomic E-state index is 12.8. The van der Waals surface area contributed by atoms with E-state index in [0.29, 0.717) is 31.2 Å². The van der Waals surface area contributed by atoms with E-state index in [2.05, 4.69) is 4.98 Å². The number of pyridine rings is 1. The van der Waals surface area contributed by atoms with Crippen LogP contribution in [0.5, 0.6) is 0 Å². The van der Waals surface area contributed by atoms with Crippen molar-refractivity contribution in [2.45, 2.75) is 38.7 Å². The van der Waals surface area contributed by atoms with E-state index in [9.17, 15) is 4.79 Å². The molecule has 0 N–H and O–H groups in total. The van der Waals surface area contributed by atoms with Crippen LogP contribution in [0.4, 0.5) is 0 Å². The van der Waals surface area contributed by atoms with E-state index in [1.807, 2.05) is 24.8 Å². The molecule has 0 unspecified atom stereocenters. The van der Waals surface area contributed by atoms with Gasteiger partial charge in [-0.2, -0.15) is 0 Å². The molecule has 2 heterocycles. The molecule has 2 atom stereocenters. The number of carbonyl (C=O) groups is 1. The van der Waals surface area contributed by atoms with Crippen molar-refractivity contribution in [1.82, 2.24) is 9.88 Å². The van der Waals surface area contributed by atoms with Crippen molar-refractivity contribution in [3.8, 4) is 0 Å². The van der Waals surface area contributed by atoms with E-state index in [4.69, 9.17) is 9.47 Å². The van der Waals surface area contributed by atoms with Crippen molar-refractivity contribution < 1.29 is 14.3 Å². The fourth-order valence-corrected chi connectivity index (χ4v) is 3.84. The quantitative estimate of drug-likeness (QED) is 0.855. The topological polar surface area (TPSA) is 51.7 Å². The van der Waals surface area contributed by atoms with E-state index in [0.717, 1.165) is 38.0 Å². The highest BCUT2D eigenvalue weighted by atomic mass is 16.5. The second kappa shape index (κ2) is 6.97. The van der Waals surface area contributed by atoms with Crippen molar-refractivity contribution in [2.24, 2.45) is 5.92 Å². The van der Waals surface area contributed by atoms with Crippen molar-refractivity contribution >= 4 is 5.91 Å². The average Bonchev–Trinajstić information content (AvgIpc) is 2.94. The highest BCUT2D eigenvalue weighted by molar-refractivity contribution is 5.94. The summed E-state index contributed by atoms with van der Waals surface area (Å²) in [6, 6.07) is 1.91. The first-order valence-electron chi connectivity index (χ1n) is 8.57. The zero-order valence-corrected chi connectivity index (χ0v) is 14.1. The predicted molar refractivity (Wildman–Crippen MR) is 87.4 cm³/mol. The molecule has 1 aromatic rings. The van der Waals surface area contributed by atoms with E-state index in [1.54, 1.807) is 12.4 Å². The number of morpholine rings is 1. The standard InChI is InChI=1S/C18H26N2O3/c1-3-22-12-16-5-4-6-18(16)13-20(7-8-23-18)17(21)15-9-14(2)10-19-11-15/h9-11,16H,3-8,12-13H2,1-2H3/t16-,18-/m0/s1. The molecule has 0 radical (unpaired) electrons. The molecule has 2 fully saturated rings. The van der Waals surface area contributed by atoms with Gasteiger partial charge in [0.15, 0.2) is 0 Å². The molecular formula is C18H26N2O3. The van der Waals surface area contributed by atoms with E-state index < -0.39 is 0 Å². The van der Waals surface area contributed by atoms with Gasteiger partial charge in [-0.25, -0.2) is 0 Å². The summed E-state index contributed by atoms with van der Waals surface area (Å²) in [5.41, 5.74) is 1.45. The molecule has 5 heteroatoms. The Kier molecular flexibility index (Phi) is 4.97.